The van der Waals surface area contributed by atoms with Crippen molar-refractivity contribution in [2.75, 3.05) is 0 Å². The highest BCUT2D eigenvalue weighted by molar-refractivity contribution is 6.16. The second-order valence-electron chi connectivity index (χ2n) is 14.0. The van der Waals surface area contributed by atoms with Crippen LogP contribution in [0.25, 0.3) is 72.2 Å². The van der Waals surface area contributed by atoms with Crippen LogP contribution in [0.4, 0.5) is 0 Å². The van der Waals surface area contributed by atoms with Crippen molar-refractivity contribution in [2.24, 2.45) is 0 Å². The Kier molecular flexibility index (Phi) is 6.73. The Morgan fingerprint density at radius 2 is 1.20 bits per heavy atom. The maximum atomic E-state index is 5.24. The van der Waals surface area contributed by atoms with Crippen LogP contribution in [-0.2, 0) is 5.41 Å². The highest BCUT2D eigenvalue weighted by atomic mass is 15.0. The van der Waals surface area contributed by atoms with Gasteiger partial charge >= 0.3 is 0 Å². The van der Waals surface area contributed by atoms with Gasteiger partial charge in [0.15, 0.2) is 5.82 Å². The molecule has 1 aliphatic rings. The summed E-state index contributed by atoms with van der Waals surface area (Å²) in [5.74, 6) is 0.699. The van der Waals surface area contributed by atoms with Crippen molar-refractivity contribution in [3.05, 3.63) is 217 Å². The van der Waals surface area contributed by atoms with Gasteiger partial charge in [0.1, 0.15) is 0 Å². The molecule has 3 heterocycles. The summed E-state index contributed by atoms with van der Waals surface area (Å²) in [5.41, 5.74) is 14.1. The van der Waals surface area contributed by atoms with Crippen LogP contribution in [0, 0.1) is 0 Å². The third kappa shape index (κ3) is 4.34. The van der Waals surface area contributed by atoms with Crippen LogP contribution in [0.5, 0.6) is 0 Å². The van der Waals surface area contributed by atoms with Crippen LogP contribution >= 0.6 is 0 Å². The summed E-state index contributed by atoms with van der Waals surface area (Å²) < 4.78 is 2.45. The van der Waals surface area contributed by atoms with Crippen molar-refractivity contribution < 1.29 is 0 Å². The van der Waals surface area contributed by atoms with Crippen LogP contribution < -0.4 is 0 Å². The van der Waals surface area contributed by atoms with Gasteiger partial charge in [-0.25, -0.2) is 9.97 Å². The van der Waals surface area contributed by atoms with E-state index in [4.69, 9.17) is 9.97 Å². The smallest absolute Gasteiger partial charge is 0.160 e. The number of aromatic nitrogens is 4. The van der Waals surface area contributed by atoms with E-state index in [1.54, 1.807) is 0 Å². The lowest BCUT2D eigenvalue weighted by Crippen LogP contribution is -2.28. The first kappa shape index (κ1) is 30.5. The van der Waals surface area contributed by atoms with Crippen molar-refractivity contribution in [3.63, 3.8) is 0 Å². The average molecular weight is 689 g/mol. The lowest BCUT2D eigenvalue weighted by molar-refractivity contribution is 0.763. The van der Waals surface area contributed by atoms with Crippen molar-refractivity contribution in [2.45, 2.75) is 5.41 Å². The molecule has 0 saturated carbocycles. The Morgan fingerprint density at radius 3 is 2.06 bits per heavy atom. The second-order valence-corrected chi connectivity index (χ2v) is 14.0. The summed E-state index contributed by atoms with van der Waals surface area (Å²) in [6, 6.07) is 65.0. The quantitative estimate of drug-likeness (QED) is 0.181. The Morgan fingerprint density at radius 1 is 0.481 bits per heavy atom. The summed E-state index contributed by atoms with van der Waals surface area (Å²) in [7, 11) is 0. The minimum atomic E-state index is -0.550. The second kappa shape index (κ2) is 11.9. The maximum Gasteiger partial charge on any atom is 0.160 e. The summed E-state index contributed by atoms with van der Waals surface area (Å²) in [6.07, 6.45) is 3.90. The number of hydrogen-bond donors (Lipinski definition) is 0. The molecule has 0 radical (unpaired) electrons. The molecule has 0 spiro atoms. The molecule has 4 nitrogen and oxygen atoms in total. The molecule has 0 aliphatic heterocycles. The Bertz CT molecular complexity index is 3000. The maximum absolute atomic E-state index is 5.24. The number of rotatable bonds is 5. The van der Waals surface area contributed by atoms with Gasteiger partial charge < -0.3 is 4.57 Å². The van der Waals surface area contributed by atoms with Crippen molar-refractivity contribution in [1.82, 2.24) is 19.5 Å². The fourth-order valence-electron chi connectivity index (χ4n) is 8.95. The third-order valence-corrected chi connectivity index (χ3v) is 11.2. The van der Waals surface area contributed by atoms with Gasteiger partial charge in [0, 0.05) is 50.9 Å². The minimum Gasteiger partial charge on any atom is -0.309 e. The molecule has 1 aliphatic carbocycles. The van der Waals surface area contributed by atoms with Crippen LogP contribution in [0.1, 0.15) is 22.3 Å². The molecule has 1 atom stereocenters. The average Bonchev–Trinajstić information content (AvgIpc) is 3.75. The predicted molar refractivity (Wildman–Crippen MR) is 220 cm³/mol. The van der Waals surface area contributed by atoms with E-state index in [1.165, 1.54) is 44.1 Å². The third-order valence-electron chi connectivity index (χ3n) is 11.2. The van der Waals surface area contributed by atoms with E-state index >= 15 is 0 Å². The minimum absolute atomic E-state index is 0.550. The van der Waals surface area contributed by atoms with Gasteiger partial charge in [0.25, 0.3) is 0 Å². The first-order chi connectivity index (χ1) is 26.8. The van der Waals surface area contributed by atoms with E-state index in [0.717, 1.165) is 44.5 Å². The van der Waals surface area contributed by atoms with E-state index in [-0.39, 0.29) is 0 Å². The number of pyridine rings is 1. The number of fused-ring (bicyclic) bond motifs is 8. The Labute approximate surface area is 312 Å². The fraction of sp³-hybridized carbons (Fsp3) is 0.0200. The highest BCUT2D eigenvalue weighted by Crippen LogP contribution is 2.58. The van der Waals surface area contributed by atoms with Gasteiger partial charge in [-0.2, -0.15) is 0 Å². The van der Waals surface area contributed by atoms with Gasteiger partial charge in [-0.1, -0.05) is 152 Å². The van der Waals surface area contributed by atoms with Crippen LogP contribution in [0.2, 0.25) is 0 Å². The zero-order valence-corrected chi connectivity index (χ0v) is 29.3. The molecular formula is C50H32N4. The molecule has 1 unspecified atom stereocenters. The molecule has 4 heteroatoms. The van der Waals surface area contributed by atoms with Gasteiger partial charge in [-0.3, -0.25) is 4.98 Å². The topological polar surface area (TPSA) is 43.6 Å². The standard InChI is InChI=1S/C50H32N4/c1-3-15-33(16-4-1)47-41-24-8-11-26-44(41)52-49(53-47)34-17-13-21-37(31-34)54-45-27-12-9-22-38(45)39-28-29-43-46(48(39)54)40-23-7-10-25-42(40)50(43,35-18-5-2-6-19-35)36-20-14-30-51-32-36/h1-32H. The molecular weight excluding hydrogens is 657 g/mol. The Hall–Kier alpha value is -7.17. The zero-order chi connectivity index (χ0) is 35.6. The van der Waals surface area contributed by atoms with Gasteiger partial charge in [0.2, 0.25) is 0 Å². The molecule has 7 aromatic carbocycles. The summed E-state index contributed by atoms with van der Waals surface area (Å²) in [4.78, 5) is 15.0. The lowest BCUT2D eigenvalue weighted by Gasteiger charge is -2.33. The first-order valence-electron chi connectivity index (χ1n) is 18.4. The number of hydrogen-bond acceptors (Lipinski definition) is 3. The molecule has 10 aromatic rings. The molecule has 0 bridgehead atoms. The summed E-state index contributed by atoms with van der Waals surface area (Å²) in [6.45, 7) is 0. The lowest BCUT2D eigenvalue weighted by atomic mass is 9.68. The Balaban J connectivity index is 1.21. The predicted octanol–water partition coefficient (Wildman–Crippen LogP) is 11.8. The molecule has 11 rings (SSSR count). The van der Waals surface area contributed by atoms with Crippen LogP contribution in [0.3, 0.4) is 0 Å². The van der Waals surface area contributed by atoms with E-state index in [1.807, 2.05) is 24.5 Å². The monoisotopic (exact) mass is 688 g/mol. The first-order valence-corrected chi connectivity index (χ1v) is 18.4. The molecule has 0 saturated heterocycles. The zero-order valence-electron chi connectivity index (χ0n) is 29.3. The molecule has 54 heavy (non-hydrogen) atoms. The van der Waals surface area contributed by atoms with E-state index in [2.05, 4.69) is 179 Å². The number of benzene rings is 7. The fourth-order valence-corrected chi connectivity index (χ4v) is 8.95. The van der Waals surface area contributed by atoms with Crippen molar-refractivity contribution in [3.8, 4) is 39.5 Å². The van der Waals surface area contributed by atoms with Gasteiger partial charge in [0.05, 0.1) is 27.7 Å². The van der Waals surface area contributed by atoms with E-state index < -0.39 is 5.41 Å². The van der Waals surface area contributed by atoms with Crippen molar-refractivity contribution >= 4 is 32.7 Å². The SMILES string of the molecule is c1ccc(-c2nc(-c3cccc(-n4c5ccccc5c5ccc6c(c54)-c4ccccc4C6(c4ccccc4)c4cccnc4)c3)nc3ccccc23)cc1. The van der Waals surface area contributed by atoms with Crippen LogP contribution in [0.15, 0.2) is 194 Å². The highest BCUT2D eigenvalue weighted by Gasteiger charge is 2.47. The van der Waals surface area contributed by atoms with Gasteiger partial charge in [-0.05, 0) is 58.1 Å². The van der Waals surface area contributed by atoms with Crippen LogP contribution in [-0.4, -0.2) is 19.5 Å². The summed E-state index contributed by atoms with van der Waals surface area (Å²) >= 11 is 0. The largest absolute Gasteiger partial charge is 0.309 e. The molecule has 0 fully saturated rings. The van der Waals surface area contributed by atoms with E-state index in [0.29, 0.717) is 5.82 Å². The normalized spacial score (nSPS) is 14.7. The number of nitrogens with zero attached hydrogens (tertiary/aromatic N) is 4. The molecule has 3 aromatic heterocycles. The molecule has 252 valence electrons. The summed E-state index contributed by atoms with van der Waals surface area (Å²) in [5, 5.41) is 3.47. The molecule has 0 N–H and O–H groups in total. The van der Waals surface area contributed by atoms with Crippen molar-refractivity contribution in [1.29, 1.82) is 0 Å². The number of para-hydroxylation sites is 2. The van der Waals surface area contributed by atoms with Gasteiger partial charge in [-0.15, -0.1) is 0 Å². The van der Waals surface area contributed by atoms with E-state index in [9.17, 15) is 0 Å². The molecule has 0 amide bonds.